The lowest BCUT2D eigenvalue weighted by atomic mass is 9.70. The molecule has 1 aromatic rings. The van der Waals surface area contributed by atoms with Crippen LogP contribution in [0.25, 0.3) is 0 Å². The SMILES string of the molecule is Cn1cnc(CNC(=O)[C@@]23CCCC[C@@H]2NCC3)c1. The molecule has 1 saturated carbocycles. The van der Waals surface area contributed by atoms with Crippen molar-refractivity contribution in [3.63, 3.8) is 0 Å². The van der Waals surface area contributed by atoms with E-state index in [1.807, 2.05) is 17.8 Å². The molecule has 1 aliphatic carbocycles. The molecule has 0 aromatic carbocycles. The van der Waals surface area contributed by atoms with E-state index in [1.54, 1.807) is 6.33 Å². The van der Waals surface area contributed by atoms with Crippen molar-refractivity contribution in [3.8, 4) is 0 Å². The van der Waals surface area contributed by atoms with Gasteiger partial charge in [-0.2, -0.15) is 0 Å². The summed E-state index contributed by atoms with van der Waals surface area (Å²) in [4.78, 5) is 16.8. The van der Waals surface area contributed by atoms with Crippen LogP contribution in [0.4, 0.5) is 0 Å². The minimum atomic E-state index is -0.160. The Morgan fingerprint density at radius 1 is 1.58 bits per heavy atom. The number of nitrogens with one attached hydrogen (secondary N) is 2. The number of hydrogen-bond acceptors (Lipinski definition) is 3. The molecule has 2 atom stereocenters. The highest BCUT2D eigenvalue weighted by Gasteiger charge is 2.49. The smallest absolute Gasteiger partial charge is 0.228 e. The first-order valence-electron chi connectivity index (χ1n) is 7.19. The van der Waals surface area contributed by atoms with Gasteiger partial charge in [0.2, 0.25) is 5.91 Å². The molecule has 2 aliphatic rings. The van der Waals surface area contributed by atoms with Gasteiger partial charge in [0.25, 0.3) is 0 Å². The van der Waals surface area contributed by atoms with Crippen molar-refractivity contribution in [2.24, 2.45) is 12.5 Å². The second kappa shape index (κ2) is 4.96. The summed E-state index contributed by atoms with van der Waals surface area (Å²) in [7, 11) is 1.94. The standard InChI is InChI=1S/C14H22N4O/c1-18-9-11(17-10-18)8-16-13(19)14-5-3-2-4-12(14)15-7-6-14/h9-10,12,15H,2-8H2,1H3,(H,16,19)/t12-,14+/m0/s1. The third-order valence-corrected chi connectivity index (χ3v) is 4.64. The minimum Gasteiger partial charge on any atom is -0.350 e. The highest BCUT2D eigenvalue weighted by Crippen LogP contribution is 2.42. The highest BCUT2D eigenvalue weighted by molar-refractivity contribution is 5.84. The topological polar surface area (TPSA) is 59.0 Å². The van der Waals surface area contributed by atoms with Crippen LogP contribution in [0.1, 0.15) is 37.8 Å². The van der Waals surface area contributed by atoms with Crippen molar-refractivity contribution >= 4 is 5.91 Å². The quantitative estimate of drug-likeness (QED) is 0.853. The van der Waals surface area contributed by atoms with Crippen LogP contribution in [0.15, 0.2) is 12.5 Å². The van der Waals surface area contributed by atoms with E-state index in [2.05, 4.69) is 15.6 Å². The first-order valence-corrected chi connectivity index (χ1v) is 7.19. The summed E-state index contributed by atoms with van der Waals surface area (Å²) in [5.74, 6) is 0.216. The van der Waals surface area contributed by atoms with Gasteiger partial charge in [0.15, 0.2) is 0 Å². The van der Waals surface area contributed by atoms with Crippen LogP contribution in [-0.2, 0) is 18.4 Å². The van der Waals surface area contributed by atoms with E-state index < -0.39 is 0 Å². The van der Waals surface area contributed by atoms with Crippen LogP contribution in [0, 0.1) is 5.41 Å². The van der Waals surface area contributed by atoms with E-state index in [-0.39, 0.29) is 11.3 Å². The first kappa shape index (κ1) is 12.7. The molecular weight excluding hydrogens is 240 g/mol. The van der Waals surface area contributed by atoms with E-state index >= 15 is 0 Å². The Morgan fingerprint density at radius 2 is 2.47 bits per heavy atom. The monoisotopic (exact) mass is 262 g/mol. The Balaban J connectivity index is 1.65. The molecule has 5 nitrogen and oxygen atoms in total. The van der Waals surface area contributed by atoms with Gasteiger partial charge < -0.3 is 15.2 Å². The Bertz CT molecular complexity index is 470. The van der Waals surface area contributed by atoms with Crippen LogP contribution in [-0.4, -0.2) is 28.0 Å². The summed E-state index contributed by atoms with van der Waals surface area (Å²) in [6.45, 7) is 1.51. The highest BCUT2D eigenvalue weighted by atomic mass is 16.2. The number of nitrogens with zero attached hydrogens (tertiary/aromatic N) is 2. The van der Waals surface area contributed by atoms with Crippen LogP contribution in [0.2, 0.25) is 0 Å². The zero-order chi connectivity index (χ0) is 13.3. The second-order valence-electron chi connectivity index (χ2n) is 5.87. The third-order valence-electron chi connectivity index (χ3n) is 4.64. The van der Waals surface area contributed by atoms with Crippen molar-refractivity contribution in [3.05, 3.63) is 18.2 Å². The fraction of sp³-hybridized carbons (Fsp3) is 0.714. The molecule has 1 amide bonds. The Labute approximate surface area is 113 Å². The van der Waals surface area contributed by atoms with Crippen LogP contribution in [0.5, 0.6) is 0 Å². The predicted octanol–water partition coefficient (Wildman–Crippen LogP) is 0.959. The number of carbonyl (C=O) groups is 1. The zero-order valence-electron chi connectivity index (χ0n) is 11.5. The van der Waals surface area contributed by atoms with Crippen molar-refractivity contribution in [2.75, 3.05) is 6.54 Å². The second-order valence-corrected chi connectivity index (χ2v) is 5.87. The molecule has 2 heterocycles. The van der Waals surface area contributed by atoms with Crippen LogP contribution in [0.3, 0.4) is 0 Å². The molecule has 1 saturated heterocycles. The van der Waals surface area contributed by atoms with Gasteiger partial charge >= 0.3 is 0 Å². The van der Waals surface area contributed by atoms with Gasteiger partial charge in [-0.15, -0.1) is 0 Å². The predicted molar refractivity (Wildman–Crippen MR) is 72.4 cm³/mol. The summed E-state index contributed by atoms with van der Waals surface area (Å²) in [6.07, 6.45) is 9.27. The summed E-state index contributed by atoms with van der Waals surface area (Å²) >= 11 is 0. The molecule has 5 heteroatoms. The van der Waals surface area contributed by atoms with E-state index in [0.29, 0.717) is 12.6 Å². The van der Waals surface area contributed by atoms with E-state index in [4.69, 9.17) is 0 Å². The maximum atomic E-state index is 12.6. The average Bonchev–Trinajstić information content (AvgIpc) is 3.02. The maximum Gasteiger partial charge on any atom is 0.228 e. The Hall–Kier alpha value is -1.36. The van der Waals surface area contributed by atoms with Gasteiger partial charge in [0, 0.05) is 19.3 Å². The molecular formula is C14H22N4O. The average molecular weight is 262 g/mol. The molecule has 0 bridgehead atoms. The number of carbonyl (C=O) groups excluding carboxylic acids is 1. The summed E-state index contributed by atoms with van der Waals surface area (Å²) in [6, 6.07) is 0.380. The Morgan fingerprint density at radius 3 is 3.26 bits per heavy atom. The van der Waals surface area contributed by atoms with Crippen LogP contribution < -0.4 is 10.6 Å². The summed E-state index contributed by atoms with van der Waals surface area (Å²) < 4.78 is 1.90. The fourth-order valence-electron chi connectivity index (χ4n) is 3.60. The van der Waals surface area contributed by atoms with Gasteiger partial charge in [-0.05, 0) is 25.8 Å². The van der Waals surface area contributed by atoms with Gasteiger partial charge in [0.05, 0.1) is 24.0 Å². The number of fused-ring (bicyclic) bond motifs is 1. The number of rotatable bonds is 3. The molecule has 1 aromatic heterocycles. The van der Waals surface area contributed by atoms with Crippen molar-refractivity contribution in [1.82, 2.24) is 20.2 Å². The maximum absolute atomic E-state index is 12.6. The number of aromatic nitrogens is 2. The minimum absolute atomic E-state index is 0.160. The first-order chi connectivity index (χ1) is 9.21. The number of aryl methyl sites for hydroxylation is 1. The number of imidazole rings is 1. The summed E-state index contributed by atoms with van der Waals surface area (Å²) in [5.41, 5.74) is 0.762. The molecule has 0 unspecified atom stereocenters. The lowest BCUT2D eigenvalue weighted by molar-refractivity contribution is -0.133. The Kier molecular flexibility index (Phi) is 3.31. The van der Waals surface area contributed by atoms with Crippen molar-refractivity contribution in [1.29, 1.82) is 0 Å². The van der Waals surface area contributed by atoms with Gasteiger partial charge in [-0.25, -0.2) is 4.98 Å². The number of hydrogen-bond donors (Lipinski definition) is 2. The normalized spacial score (nSPS) is 30.1. The molecule has 2 N–H and O–H groups in total. The molecule has 0 radical (unpaired) electrons. The molecule has 104 valence electrons. The van der Waals surface area contributed by atoms with E-state index in [0.717, 1.165) is 31.5 Å². The molecule has 3 rings (SSSR count). The van der Waals surface area contributed by atoms with Gasteiger partial charge in [-0.3, -0.25) is 4.79 Å². The number of amides is 1. The molecule has 1 aliphatic heterocycles. The van der Waals surface area contributed by atoms with Crippen molar-refractivity contribution < 1.29 is 4.79 Å². The van der Waals surface area contributed by atoms with Crippen molar-refractivity contribution in [2.45, 2.75) is 44.7 Å². The summed E-state index contributed by atoms with van der Waals surface area (Å²) in [5, 5.41) is 6.59. The van der Waals surface area contributed by atoms with E-state index in [9.17, 15) is 4.79 Å². The van der Waals surface area contributed by atoms with E-state index in [1.165, 1.54) is 12.8 Å². The van der Waals surface area contributed by atoms with Gasteiger partial charge in [-0.1, -0.05) is 12.8 Å². The largest absolute Gasteiger partial charge is 0.350 e. The zero-order valence-corrected chi connectivity index (χ0v) is 11.5. The van der Waals surface area contributed by atoms with Gasteiger partial charge in [0.1, 0.15) is 0 Å². The fourth-order valence-corrected chi connectivity index (χ4v) is 3.60. The lowest BCUT2D eigenvalue weighted by Gasteiger charge is -2.37. The van der Waals surface area contributed by atoms with Crippen LogP contribution >= 0.6 is 0 Å². The molecule has 19 heavy (non-hydrogen) atoms. The third kappa shape index (κ3) is 2.27. The molecule has 2 fully saturated rings. The lowest BCUT2D eigenvalue weighted by Crippen LogP contribution is -2.50. The molecule has 0 spiro atoms.